The highest BCUT2D eigenvalue weighted by atomic mass is 16.5. The molecule has 142 valence electrons. The first-order chi connectivity index (χ1) is 13.6. The van der Waals surface area contributed by atoms with Crippen LogP contribution in [0.5, 0.6) is 0 Å². The van der Waals surface area contributed by atoms with Crippen molar-refractivity contribution in [3.8, 4) is 11.3 Å². The van der Waals surface area contributed by atoms with Crippen molar-refractivity contribution in [3.63, 3.8) is 0 Å². The molecule has 0 fully saturated rings. The molecule has 8 heteroatoms. The van der Waals surface area contributed by atoms with Gasteiger partial charge in [-0.1, -0.05) is 41.6 Å². The normalized spacial score (nSPS) is 11.0. The second-order valence-corrected chi connectivity index (χ2v) is 6.37. The highest BCUT2D eigenvalue weighted by Crippen LogP contribution is 2.24. The van der Waals surface area contributed by atoms with E-state index in [1.165, 1.54) is 9.08 Å². The number of carbonyl (C=O) groups excluding carboxylic acids is 1. The van der Waals surface area contributed by atoms with Crippen molar-refractivity contribution in [2.75, 3.05) is 6.54 Å². The summed E-state index contributed by atoms with van der Waals surface area (Å²) in [7, 11) is 0. The molecule has 0 saturated heterocycles. The maximum Gasteiger partial charge on any atom is 0.350 e. The van der Waals surface area contributed by atoms with Gasteiger partial charge in [0.2, 0.25) is 0 Å². The molecule has 0 unspecified atom stereocenters. The summed E-state index contributed by atoms with van der Waals surface area (Å²) in [5, 5.41) is 11.2. The maximum atomic E-state index is 12.6. The number of nitrogens with zero attached hydrogens (tertiary/aromatic N) is 4. The lowest BCUT2D eigenvalue weighted by molar-refractivity contribution is 0.0951. The SMILES string of the molecule is Cc1onc(-c2ccccc2)c1C(=O)NCCCn1nc2ccccn2c1=O. The fourth-order valence-electron chi connectivity index (χ4n) is 3.07. The first-order valence-electron chi connectivity index (χ1n) is 8.99. The van der Waals surface area contributed by atoms with Gasteiger partial charge >= 0.3 is 5.69 Å². The molecular formula is C20H19N5O3. The van der Waals surface area contributed by atoms with Gasteiger partial charge in [-0.2, -0.15) is 0 Å². The van der Waals surface area contributed by atoms with Crippen molar-refractivity contribution < 1.29 is 9.32 Å². The number of aryl methyl sites for hydroxylation is 2. The highest BCUT2D eigenvalue weighted by molar-refractivity contribution is 6.00. The number of amides is 1. The Morgan fingerprint density at radius 1 is 1.14 bits per heavy atom. The van der Waals surface area contributed by atoms with Gasteiger partial charge in [0.05, 0.1) is 0 Å². The summed E-state index contributed by atoms with van der Waals surface area (Å²) in [5.41, 5.74) is 2.18. The molecule has 0 radical (unpaired) electrons. The number of nitrogens with one attached hydrogen (secondary N) is 1. The molecule has 1 amide bonds. The maximum absolute atomic E-state index is 12.6. The Balaban J connectivity index is 1.41. The quantitative estimate of drug-likeness (QED) is 0.520. The fraction of sp³-hybridized carbons (Fsp3) is 0.200. The van der Waals surface area contributed by atoms with Crippen LogP contribution in [0.2, 0.25) is 0 Å². The predicted octanol–water partition coefficient (Wildman–Crippen LogP) is 2.28. The number of hydrogen-bond donors (Lipinski definition) is 1. The molecule has 0 aliphatic rings. The van der Waals surface area contributed by atoms with Crippen LogP contribution in [-0.2, 0) is 6.54 Å². The zero-order valence-corrected chi connectivity index (χ0v) is 15.3. The Hall–Kier alpha value is -3.68. The van der Waals surface area contributed by atoms with Crippen LogP contribution in [0.4, 0.5) is 0 Å². The van der Waals surface area contributed by atoms with E-state index in [-0.39, 0.29) is 11.6 Å². The molecule has 4 rings (SSSR count). The molecule has 8 nitrogen and oxygen atoms in total. The first kappa shape index (κ1) is 17.7. The molecule has 0 atom stereocenters. The van der Waals surface area contributed by atoms with E-state index in [1.54, 1.807) is 25.3 Å². The van der Waals surface area contributed by atoms with Gasteiger partial charge in [-0.3, -0.25) is 9.20 Å². The van der Waals surface area contributed by atoms with E-state index in [2.05, 4.69) is 15.6 Å². The summed E-state index contributed by atoms with van der Waals surface area (Å²) < 4.78 is 8.12. The zero-order chi connectivity index (χ0) is 19.5. The van der Waals surface area contributed by atoms with Crippen molar-refractivity contribution in [3.05, 3.63) is 76.5 Å². The standard InChI is InChI=1S/C20H19N5O3/c1-14-17(18(23-28-14)15-8-3-2-4-9-15)19(26)21-11-7-13-25-20(27)24-12-6-5-10-16(24)22-25/h2-6,8-10,12H,7,11,13H2,1H3,(H,21,26). The number of fused-ring (bicyclic) bond motifs is 1. The topological polar surface area (TPSA) is 94.4 Å². The summed E-state index contributed by atoms with van der Waals surface area (Å²) in [6.45, 7) is 2.53. The van der Waals surface area contributed by atoms with Gasteiger partial charge < -0.3 is 9.84 Å². The van der Waals surface area contributed by atoms with Crippen molar-refractivity contribution >= 4 is 11.6 Å². The summed E-state index contributed by atoms with van der Waals surface area (Å²) in [5.74, 6) is 0.216. The van der Waals surface area contributed by atoms with Gasteiger partial charge in [-0.05, 0) is 25.5 Å². The minimum Gasteiger partial charge on any atom is -0.360 e. The van der Waals surface area contributed by atoms with E-state index in [0.29, 0.717) is 42.2 Å². The Bertz CT molecular complexity index is 1170. The van der Waals surface area contributed by atoms with Crippen molar-refractivity contribution in [1.29, 1.82) is 0 Å². The third-order valence-corrected chi connectivity index (χ3v) is 4.46. The van der Waals surface area contributed by atoms with E-state index in [4.69, 9.17) is 4.52 Å². The molecule has 1 aromatic carbocycles. The van der Waals surface area contributed by atoms with Crippen LogP contribution in [0.1, 0.15) is 22.5 Å². The van der Waals surface area contributed by atoms with Crippen LogP contribution in [0.25, 0.3) is 16.9 Å². The molecule has 0 spiro atoms. The predicted molar refractivity (Wildman–Crippen MR) is 103 cm³/mol. The Morgan fingerprint density at radius 2 is 1.93 bits per heavy atom. The average Bonchev–Trinajstić information content (AvgIpc) is 3.26. The number of aromatic nitrogens is 4. The molecule has 28 heavy (non-hydrogen) atoms. The van der Waals surface area contributed by atoms with Gasteiger partial charge in [0, 0.05) is 24.8 Å². The second-order valence-electron chi connectivity index (χ2n) is 6.37. The van der Waals surface area contributed by atoms with E-state index in [0.717, 1.165) is 5.56 Å². The lowest BCUT2D eigenvalue weighted by Crippen LogP contribution is -2.28. The van der Waals surface area contributed by atoms with Crippen LogP contribution in [0, 0.1) is 6.92 Å². The number of benzene rings is 1. The van der Waals surface area contributed by atoms with E-state index in [9.17, 15) is 9.59 Å². The van der Waals surface area contributed by atoms with Crippen LogP contribution >= 0.6 is 0 Å². The molecule has 0 bridgehead atoms. The van der Waals surface area contributed by atoms with E-state index in [1.807, 2.05) is 36.4 Å². The summed E-state index contributed by atoms with van der Waals surface area (Å²) in [6, 6.07) is 14.8. The van der Waals surface area contributed by atoms with Crippen molar-refractivity contribution in [1.82, 2.24) is 24.7 Å². The number of rotatable bonds is 6. The van der Waals surface area contributed by atoms with Crippen molar-refractivity contribution in [2.45, 2.75) is 19.9 Å². The summed E-state index contributed by atoms with van der Waals surface area (Å²) in [4.78, 5) is 24.9. The van der Waals surface area contributed by atoms with Crippen LogP contribution in [0.3, 0.4) is 0 Å². The van der Waals surface area contributed by atoms with Crippen LogP contribution in [-0.4, -0.2) is 31.8 Å². The van der Waals surface area contributed by atoms with Gasteiger partial charge in [0.25, 0.3) is 5.91 Å². The molecule has 0 aliphatic heterocycles. The number of pyridine rings is 1. The molecule has 0 saturated carbocycles. The van der Waals surface area contributed by atoms with E-state index < -0.39 is 0 Å². The molecular weight excluding hydrogens is 358 g/mol. The number of hydrogen-bond acceptors (Lipinski definition) is 5. The van der Waals surface area contributed by atoms with Crippen molar-refractivity contribution in [2.24, 2.45) is 0 Å². The molecule has 3 aromatic heterocycles. The summed E-state index contributed by atoms with van der Waals surface area (Å²) >= 11 is 0. The number of carbonyl (C=O) groups is 1. The highest BCUT2D eigenvalue weighted by Gasteiger charge is 2.21. The van der Waals surface area contributed by atoms with Crippen LogP contribution < -0.4 is 11.0 Å². The van der Waals surface area contributed by atoms with Gasteiger partial charge in [0.1, 0.15) is 17.0 Å². The van der Waals surface area contributed by atoms with Gasteiger partial charge in [-0.15, -0.1) is 5.10 Å². The minimum absolute atomic E-state index is 0.192. The monoisotopic (exact) mass is 377 g/mol. The zero-order valence-electron chi connectivity index (χ0n) is 15.3. The van der Waals surface area contributed by atoms with Crippen LogP contribution in [0.15, 0.2) is 64.0 Å². The largest absolute Gasteiger partial charge is 0.360 e. The summed E-state index contributed by atoms with van der Waals surface area (Å²) in [6.07, 6.45) is 2.25. The first-order valence-corrected chi connectivity index (χ1v) is 8.99. The average molecular weight is 377 g/mol. The van der Waals surface area contributed by atoms with E-state index >= 15 is 0 Å². The third kappa shape index (κ3) is 3.32. The Kier molecular flexibility index (Phi) is 4.76. The smallest absolute Gasteiger partial charge is 0.350 e. The lowest BCUT2D eigenvalue weighted by Gasteiger charge is -2.06. The fourth-order valence-corrected chi connectivity index (χ4v) is 3.07. The molecule has 3 heterocycles. The van der Waals surface area contributed by atoms with Gasteiger partial charge in [-0.25, -0.2) is 9.48 Å². The minimum atomic E-state index is -0.250. The Morgan fingerprint density at radius 3 is 2.71 bits per heavy atom. The molecule has 0 aliphatic carbocycles. The lowest BCUT2D eigenvalue weighted by atomic mass is 10.1. The second kappa shape index (κ2) is 7.51. The molecule has 1 N–H and O–H groups in total. The van der Waals surface area contributed by atoms with Gasteiger partial charge in [0.15, 0.2) is 5.65 Å². The molecule has 4 aromatic rings. The third-order valence-electron chi connectivity index (χ3n) is 4.46. The Labute approximate surface area is 160 Å².